The Morgan fingerprint density at radius 3 is 2.73 bits per heavy atom. The number of benzene rings is 1. The molecule has 0 saturated heterocycles. The van der Waals surface area contributed by atoms with Gasteiger partial charge in [0.15, 0.2) is 6.79 Å². The van der Waals surface area contributed by atoms with Gasteiger partial charge >= 0.3 is 6.09 Å². The van der Waals surface area contributed by atoms with Crippen LogP contribution in [0.15, 0.2) is 18.2 Å². The lowest BCUT2D eigenvalue weighted by molar-refractivity contribution is -0.00855. The lowest BCUT2D eigenvalue weighted by Gasteiger charge is -2.37. The molecule has 0 fully saturated rings. The van der Waals surface area contributed by atoms with Gasteiger partial charge in [-0.15, -0.1) is 0 Å². The zero-order valence-electron chi connectivity index (χ0n) is 16.1. The van der Waals surface area contributed by atoms with E-state index in [-0.39, 0.29) is 18.9 Å². The van der Waals surface area contributed by atoms with Crippen molar-refractivity contribution in [1.82, 2.24) is 4.90 Å². The number of methoxy groups -OCH3 is 1. The lowest BCUT2D eigenvalue weighted by atomic mass is 9.92. The highest BCUT2D eigenvalue weighted by Crippen LogP contribution is 2.32. The van der Waals surface area contributed by atoms with Crippen LogP contribution in [0.2, 0.25) is 0 Å². The average molecular weight is 366 g/mol. The van der Waals surface area contributed by atoms with E-state index in [0.29, 0.717) is 26.3 Å². The maximum Gasteiger partial charge on any atom is 0.410 e. The summed E-state index contributed by atoms with van der Waals surface area (Å²) in [6.45, 7) is 7.68. The molecule has 2 rings (SSSR count). The number of nitrogens with two attached hydrogens (primary N) is 1. The van der Waals surface area contributed by atoms with Gasteiger partial charge in [0.2, 0.25) is 0 Å². The van der Waals surface area contributed by atoms with Gasteiger partial charge in [-0.2, -0.15) is 0 Å². The molecule has 26 heavy (non-hydrogen) atoms. The standard InChI is InChI=1S/C19H30N2O5/c1-19(2,3)26-18(22)21-8-7-14-11-15(25-13-24-10-9-23-4)5-6-16(14)17(21)12-20/h5-6,11,17H,7-10,12-13,20H2,1-4H3. The highest BCUT2D eigenvalue weighted by atomic mass is 16.7. The van der Waals surface area contributed by atoms with Crippen molar-refractivity contribution in [3.05, 3.63) is 29.3 Å². The molecule has 1 heterocycles. The summed E-state index contributed by atoms with van der Waals surface area (Å²) in [6.07, 6.45) is 0.401. The number of hydrogen-bond acceptors (Lipinski definition) is 6. The van der Waals surface area contributed by atoms with Crippen molar-refractivity contribution < 1.29 is 23.7 Å². The first kappa shape index (κ1) is 20.5. The van der Waals surface area contributed by atoms with E-state index in [2.05, 4.69) is 0 Å². The maximum absolute atomic E-state index is 12.5. The van der Waals surface area contributed by atoms with Crippen molar-refractivity contribution in [3.8, 4) is 5.75 Å². The van der Waals surface area contributed by atoms with Crippen molar-refractivity contribution in [2.24, 2.45) is 5.73 Å². The topological polar surface area (TPSA) is 83.2 Å². The largest absolute Gasteiger partial charge is 0.468 e. The van der Waals surface area contributed by atoms with Crippen LogP contribution in [0.25, 0.3) is 0 Å². The van der Waals surface area contributed by atoms with Gasteiger partial charge in [0.05, 0.1) is 19.3 Å². The van der Waals surface area contributed by atoms with Crippen LogP contribution in [0.5, 0.6) is 5.75 Å². The van der Waals surface area contributed by atoms with E-state index in [1.165, 1.54) is 0 Å². The fraction of sp³-hybridized carbons (Fsp3) is 0.632. The number of nitrogens with zero attached hydrogens (tertiary/aromatic N) is 1. The van der Waals surface area contributed by atoms with Crippen molar-refractivity contribution in [2.75, 3.05) is 40.2 Å². The normalized spacial score (nSPS) is 17.0. The van der Waals surface area contributed by atoms with Crippen LogP contribution in [0.3, 0.4) is 0 Å². The third-order valence-electron chi connectivity index (χ3n) is 4.06. The Balaban J connectivity index is 2.04. The number of ether oxygens (including phenoxy) is 4. The first-order chi connectivity index (χ1) is 12.4. The predicted octanol–water partition coefficient (Wildman–Crippen LogP) is 2.48. The van der Waals surface area contributed by atoms with Gasteiger partial charge in [0, 0.05) is 20.2 Å². The van der Waals surface area contributed by atoms with Gasteiger partial charge in [-0.05, 0) is 50.5 Å². The third kappa shape index (κ3) is 5.59. The van der Waals surface area contributed by atoms with Crippen LogP contribution in [0, 0.1) is 0 Å². The smallest absolute Gasteiger partial charge is 0.410 e. The Morgan fingerprint density at radius 2 is 2.08 bits per heavy atom. The SMILES string of the molecule is COCCOCOc1ccc2c(c1)CCN(C(=O)OC(C)(C)C)C2CN. The molecule has 7 nitrogen and oxygen atoms in total. The van der Waals surface area contributed by atoms with E-state index in [0.717, 1.165) is 23.3 Å². The molecule has 1 unspecified atom stereocenters. The quantitative estimate of drug-likeness (QED) is 0.590. The van der Waals surface area contributed by atoms with Crippen LogP contribution in [0.1, 0.15) is 37.9 Å². The van der Waals surface area contributed by atoms with Crippen LogP contribution in [-0.4, -0.2) is 56.8 Å². The summed E-state index contributed by atoms with van der Waals surface area (Å²) in [5.74, 6) is 0.739. The number of carbonyl (C=O) groups is 1. The highest BCUT2D eigenvalue weighted by Gasteiger charge is 2.33. The Morgan fingerprint density at radius 1 is 1.31 bits per heavy atom. The molecule has 2 N–H and O–H groups in total. The average Bonchev–Trinajstić information content (AvgIpc) is 2.58. The monoisotopic (exact) mass is 366 g/mol. The van der Waals surface area contributed by atoms with Crippen LogP contribution < -0.4 is 10.5 Å². The van der Waals surface area contributed by atoms with E-state index in [4.69, 9.17) is 24.7 Å². The molecule has 0 aliphatic carbocycles. The zero-order valence-corrected chi connectivity index (χ0v) is 16.1. The van der Waals surface area contributed by atoms with Gasteiger partial charge in [0.1, 0.15) is 11.4 Å². The summed E-state index contributed by atoms with van der Waals surface area (Å²) in [4.78, 5) is 14.2. The molecule has 1 aromatic carbocycles. The van der Waals surface area contributed by atoms with E-state index in [1.807, 2.05) is 39.0 Å². The molecule has 0 spiro atoms. The second-order valence-electron chi connectivity index (χ2n) is 7.20. The highest BCUT2D eigenvalue weighted by molar-refractivity contribution is 5.69. The third-order valence-corrected chi connectivity index (χ3v) is 4.06. The minimum atomic E-state index is -0.531. The molecule has 1 aliphatic rings. The Hall–Kier alpha value is -1.83. The number of fused-ring (bicyclic) bond motifs is 1. The lowest BCUT2D eigenvalue weighted by Crippen LogP contribution is -2.45. The van der Waals surface area contributed by atoms with Crippen molar-refractivity contribution in [1.29, 1.82) is 0 Å². The van der Waals surface area contributed by atoms with E-state index >= 15 is 0 Å². The molecule has 0 saturated carbocycles. The first-order valence-electron chi connectivity index (χ1n) is 8.87. The molecule has 1 amide bonds. The number of rotatable bonds is 7. The molecular formula is C19H30N2O5. The summed E-state index contributed by atoms with van der Waals surface area (Å²) >= 11 is 0. The number of carbonyl (C=O) groups excluding carboxylic acids is 1. The van der Waals surface area contributed by atoms with Crippen molar-refractivity contribution in [3.63, 3.8) is 0 Å². The summed E-state index contributed by atoms with van der Waals surface area (Å²) < 4.78 is 21.4. The summed E-state index contributed by atoms with van der Waals surface area (Å²) in [7, 11) is 1.63. The van der Waals surface area contributed by atoms with E-state index in [1.54, 1.807) is 12.0 Å². The molecule has 146 valence electrons. The molecule has 0 radical (unpaired) electrons. The minimum Gasteiger partial charge on any atom is -0.468 e. The maximum atomic E-state index is 12.5. The van der Waals surface area contributed by atoms with Crippen molar-refractivity contribution in [2.45, 2.75) is 38.8 Å². The van der Waals surface area contributed by atoms with Gasteiger partial charge in [-0.25, -0.2) is 4.79 Å². The molecule has 0 aromatic heterocycles. The summed E-state index contributed by atoms with van der Waals surface area (Å²) in [5, 5.41) is 0. The Bertz CT molecular complexity index is 600. The second-order valence-corrected chi connectivity index (χ2v) is 7.20. The Kier molecular flexibility index (Phi) is 7.25. The van der Waals surface area contributed by atoms with Gasteiger partial charge in [-0.3, -0.25) is 4.90 Å². The van der Waals surface area contributed by atoms with Gasteiger partial charge < -0.3 is 24.7 Å². The fourth-order valence-corrected chi connectivity index (χ4v) is 2.88. The minimum absolute atomic E-state index is 0.173. The summed E-state index contributed by atoms with van der Waals surface area (Å²) in [6, 6.07) is 5.64. The molecule has 7 heteroatoms. The molecule has 1 aromatic rings. The molecular weight excluding hydrogens is 336 g/mol. The molecule has 1 atom stereocenters. The number of hydrogen-bond donors (Lipinski definition) is 1. The van der Waals surface area contributed by atoms with E-state index in [9.17, 15) is 4.79 Å². The summed E-state index contributed by atoms with van der Waals surface area (Å²) in [5.41, 5.74) is 7.60. The predicted molar refractivity (Wildman–Crippen MR) is 98.2 cm³/mol. The van der Waals surface area contributed by atoms with Gasteiger partial charge in [-0.1, -0.05) is 6.07 Å². The first-order valence-corrected chi connectivity index (χ1v) is 8.87. The second kappa shape index (κ2) is 9.21. The van der Waals surface area contributed by atoms with Crippen molar-refractivity contribution >= 4 is 6.09 Å². The van der Waals surface area contributed by atoms with Gasteiger partial charge in [0.25, 0.3) is 0 Å². The van der Waals surface area contributed by atoms with E-state index < -0.39 is 5.60 Å². The number of amides is 1. The molecule has 1 aliphatic heterocycles. The zero-order chi connectivity index (χ0) is 19.2. The van der Waals surface area contributed by atoms with Crippen LogP contribution >= 0.6 is 0 Å². The van der Waals surface area contributed by atoms with Crippen LogP contribution in [-0.2, 0) is 20.6 Å². The fourth-order valence-electron chi connectivity index (χ4n) is 2.88. The Labute approximate surface area is 155 Å². The van der Waals surface area contributed by atoms with Crippen LogP contribution in [0.4, 0.5) is 4.79 Å². The molecule has 0 bridgehead atoms.